The van der Waals surface area contributed by atoms with Gasteiger partial charge in [-0.15, -0.1) is 0 Å². The lowest BCUT2D eigenvalue weighted by atomic mass is 10.1. The van der Waals surface area contributed by atoms with Crippen LogP contribution in [0.4, 0.5) is 0 Å². The van der Waals surface area contributed by atoms with Gasteiger partial charge in [-0.3, -0.25) is 0 Å². The first-order valence-electron chi connectivity index (χ1n) is 5.69. The van der Waals surface area contributed by atoms with Crippen LogP contribution < -0.4 is 4.74 Å². The number of aliphatic hydroxyl groups excluding tert-OH is 1. The Kier molecular flexibility index (Phi) is 4.01. The third-order valence-electron chi connectivity index (χ3n) is 3.19. The first-order chi connectivity index (χ1) is 8.60. The van der Waals surface area contributed by atoms with E-state index in [1.54, 1.807) is 12.1 Å². The smallest absolute Gasteiger partial charge is 0.143 e. The summed E-state index contributed by atoms with van der Waals surface area (Å²) in [5.41, 5.74) is 0.546. The standard InChI is InChI=1S/C13H13Cl2NO2/c14-10-5-9(7-17)12(11(15)6-10)18-8-13(1-2-13)3-4-16/h5-6,17H,1-3,7-8H2. The van der Waals surface area contributed by atoms with Crippen LogP contribution in [0.1, 0.15) is 24.8 Å². The van der Waals surface area contributed by atoms with Crippen molar-refractivity contribution in [3.05, 3.63) is 27.7 Å². The normalized spacial score (nSPS) is 16.1. The summed E-state index contributed by atoms with van der Waals surface area (Å²) in [6.07, 6.45) is 2.49. The fourth-order valence-electron chi connectivity index (χ4n) is 1.83. The Hall–Kier alpha value is -0.950. The average molecular weight is 286 g/mol. The van der Waals surface area contributed by atoms with E-state index in [0.29, 0.717) is 34.4 Å². The summed E-state index contributed by atoms with van der Waals surface area (Å²) in [6.45, 7) is 0.274. The Morgan fingerprint density at radius 1 is 1.39 bits per heavy atom. The molecule has 5 heteroatoms. The van der Waals surface area contributed by atoms with Crippen molar-refractivity contribution in [3.63, 3.8) is 0 Å². The monoisotopic (exact) mass is 285 g/mol. The summed E-state index contributed by atoms with van der Waals surface area (Å²) in [5.74, 6) is 0.466. The lowest BCUT2D eigenvalue weighted by Gasteiger charge is -2.16. The van der Waals surface area contributed by atoms with Crippen LogP contribution >= 0.6 is 23.2 Å². The van der Waals surface area contributed by atoms with Crippen LogP contribution in [0, 0.1) is 16.7 Å². The van der Waals surface area contributed by atoms with Crippen LogP contribution in [0.3, 0.4) is 0 Å². The van der Waals surface area contributed by atoms with Crippen molar-refractivity contribution in [2.75, 3.05) is 6.61 Å². The summed E-state index contributed by atoms with van der Waals surface area (Å²) in [5, 5.41) is 18.9. The number of ether oxygens (including phenoxy) is 1. The third-order valence-corrected chi connectivity index (χ3v) is 3.69. The molecule has 0 aromatic heterocycles. The molecule has 18 heavy (non-hydrogen) atoms. The van der Waals surface area contributed by atoms with Crippen LogP contribution in [0.25, 0.3) is 0 Å². The minimum absolute atomic E-state index is 0.0234. The van der Waals surface area contributed by atoms with E-state index >= 15 is 0 Å². The maximum Gasteiger partial charge on any atom is 0.143 e. The number of hydrogen-bond donors (Lipinski definition) is 1. The summed E-state index contributed by atoms with van der Waals surface area (Å²) < 4.78 is 5.69. The maximum atomic E-state index is 9.27. The fraction of sp³-hybridized carbons (Fsp3) is 0.462. The van der Waals surface area contributed by atoms with E-state index in [9.17, 15) is 5.11 Å². The minimum atomic E-state index is -0.180. The van der Waals surface area contributed by atoms with Crippen LogP contribution in [0.15, 0.2) is 12.1 Å². The lowest BCUT2D eigenvalue weighted by Crippen LogP contribution is -2.13. The summed E-state index contributed by atoms with van der Waals surface area (Å²) >= 11 is 11.9. The van der Waals surface area contributed by atoms with Gasteiger partial charge in [0.05, 0.1) is 24.3 Å². The van der Waals surface area contributed by atoms with Gasteiger partial charge in [-0.1, -0.05) is 23.2 Å². The van der Waals surface area contributed by atoms with E-state index in [2.05, 4.69) is 6.07 Å². The molecule has 0 bridgehead atoms. The molecule has 0 saturated heterocycles. The molecule has 0 unspecified atom stereocenters. The molecule has 1 aliphatic rings. The molecule has 0 spiro atoms. The predicted octanol–water partition coefficient (Wildman–Crippen LogP) is 3.56. The van der Waals surface area contributed by atoms with Crippen LogP contribution in [-0.4, -0.2) is 11.7 Å². The van der Waals surface area contributed by atoms with Crippen LogP contribution in [0.2, 0.25) is 10.0 Å². The Balaban J connectivity index is 2.12. The number of benzene rings is 1. The van der Waals surface area contributed by atoms with E-state index in [1.165, 1.54) is 0 Å². The van der Waals surface area contributed by atoms with E-state index < -0.39 is 0 Å². The van der Waals surface area contributed by atoms with Crippen molar-refractivity contribution >= 4 is 23.2 Å². The largest absolute Gasteiger partial charge is 0.491 e. The second-order valence-corrected chi connectivity index (χ2v) is 5.50. The van der Waals surface area contributed by atoms with Gasteiger partial charge in [0, 0.05) is 22.4 Å². The topological polar surface area (TPSA) is 53.2 Å². The summed E-state index contributed by atoms with van der Waals surface area (Å²) in [7, 11) is 0. The van der Waals surface area contributed by atoms with Crippen LogP contribution in [0.5, 0.6) is 5.75 Å². The van der Waals surface area contributed by atoms with Crippen molar-refractivity contribution in [3.8, 4) is 11.8 Å². The fourth-order valence-corrected chi connectivity index (χ4v) is 2.42. The molecule has 1 fully saturated rings. The first-order valence-corrected chi connectivity index (χ1v) is 6.44. The molecule has 0 atom stereocenters. The number of rotatable bonds is 5. The highest BCUT2D eigenvalue weighted by molar-refractivity contribution is 6.35. The summed E-state index contributed by atoms with van der Waals surface area (Å²) in [4.78, 5) is 0. The number of halogens is 2. The second-order valence-electron chi connectivity index (χ2n) is 4.66. The van der Waals surface area contributed by atoms with Gasteiger partial charge in [-0.2, -0.15) is 5.26 Å². The van der Waals surface area contributed by atoms with E-state index in [4.69, 9.17) is 33.2 Å². The molecule has 1 aromatic carbocycles. The lowest BCUT2D eigenvalue weighted by molar-refractivity contribution is 0.223. The van der Waals surface area contributed by atoms with Crippen molar-refractivity contribution in [2.45, 2.75) is 25.9 Å². The molecule has 0 heterocycles. The zero-order chi connectivity index (χ0) is 13.2. The second kappa shape index (κ2) is 5.36. The molecule has 0 radical (unpaired) electrons. The zero-order valence-corrected chi connectivity index (χ0v) is 11.3. The Labute approximate surface area is 116 Å². The Morgan fingerprint density at radius 3 is 2.67 bits per heavy atom. The molecule has 2 rings (SSSR count). The third kappa shape index (κ3) is 2.89. The number of hydrogen-bond acceptors (Lipinski definition) is 3. The molecule has 96 valence electrons. The zero-order valence-electron chi connectivity index (χ0n) is 9.75. The SMILES string of the molecule is N#CCC1(COc2c(Cl)cc(Cl)cc2CO)CC1. The Morgan fingerprint density at radius 2 is 2.11 bits per heavy atom. The number of nitrogens with zero attached hydrogens (tertiary/aromatic N) is 1. The molecule has 0 amide bonds. The van der Waals surface area contributed by atoms with E-state index in [-0.39, 0.29) is 12.0 Å². The molecule has 1 aromatic rings. The molecule has 1 saturated carbocycles. The van der Waals surface area contributed by atoms with Crippen molar-refractivity contribution in [1.82, 2.24) is 0 Å². The molecule has 1 N–H and O–H groups in total. The van der Waals surface area contributed by atoms with Crippen molar-refractivity contribution in [2.24, 2.45) is 5.41 Å². The molecule has 1 aliphatic carbocycles. The van der Waals surface area contributed by atoms with Crippen LogP contribution in [-0.2, 0) is 6.61 Å². The van der Waals surface area contributed by atoms with Crippen molar-refractivity contribution in [1.29, 1.82) is 5.26 Å². The van der Waals surface area contributed by atoms with Gasteiger partial charge < -0.3 is 9.84 Å². The summed E-state index contributed by atoms with van der Waals surface area (Å²) in [6, 6.07) is 5.39. The van der Waals surface area contributed by atoms with Gasteiger partial charge in [0.1, 0.15) is 5.75 Å². The molecular weight excluding hydrogens is 273 g/mol. The maximum absolute atomic E-state index is 9.27. The van der Waals surface area contributed by atoms with E-state index in [0.717, 1.165) is 12.8 Å². The van der Waals surface area contributed by atoms with Gasteiger partial charge in [0.15, 0.2) is 0 Å². The number of nitriles is 1. The van der Waals surface area contributed by atoms with Gasteiger partial charge >= 0.3 is 0 Å². The minimum Gasteiger partial charge on any atom is -0.491 e. The molecule has 3 nitrogen and oxygen atoms in total. The van der Waals surface area contributed by atoms with E-state index in [1.807, 2.05) is 0 Å². The average Bonchev–Trinajstić information content (AvgIpc) is 3.07. The van der Waals surface area contributed by atoms with Gasteiger partial charge in [0.2, 0.25) is 0 Å². The highest BCUT2D eigenvalue weighted by Gasteiger charge is 2.43. The molecular formula is C13H13Cl2NO2. The Bertz CT molecular complexity index is 492. The van der Waals surface area contributed by atoms with Gasteiger partial charge in [-0.05, 0) is 25.0 Å². The highest BCUT2D eigenvalue weighted by atomic mass is 35.5. The highest BCUT2D eigenvalue weighted by Crippen LogP contribution is 2.49. The quantitative estimate of drug-likeness (QED) is 0.900. The molecule has 0 aliphatic heterocycles. The number of aliphatic hydroxyl groups is 1. The van der Waals surface area contributed by atoms with Gasteiger partial charge in [0.25, 0.3) is 0 Å². The predicted molar refractivity (Wildman–Crippen MR) is 69.8 cm³/mol. The van der Waals surface area contributed by atoms with Crippen molar-refractivity contribution < 1.29 is 9.84 Å². The first kappa shape index (κ1) is 13.5. The van der Waals surface area contributed by atoms with Gasteiger partial charge in [-0.25, -0.2) is 0 Å².